The number of aliphatic carboxylic acids is 1. The van der Waals surface area contributed by atoms with E-state index in [4.69, 9.17) is 5.11 Å². The smallest absolute Gasteiger partial charge is 0.306 e. The van der Waals surface area contributed by atoms with Crippen LogP contribution in [0, 0.1) is 5.92 Å². The minimum Gasteiger partial charge on any atom is -0.481 e. The number of hydrogen-bond donors (Lipinski definition) is 1. The van der Waals surface area contributed by atoms with Crippen LogP contribution >= 0.6 is 0 Å². The minimum atomic E-state index is -0.745. The Morgan fingerprint density at radius 1 is 1.57 bits per heavy atom. The van der Waals surface area contributed by atoms with E-state index in [-0.39, 0.29) is 5.92 Å². The molecule has 1 N–H and O–H groups in total. The summed E-state index contributed by atoms with van der Waals surface area (Å²) in [5, 5.41) is 8.68. The van der Waals surface area contributed by atoms with Crippen LogP contribution < -0.4 is 0 Å². The van der Waals surface area contributed by atoms with Crippen LogP contribution in [0.1, 0.15) is 26.2 Å². The molecule has 4 heteroatoms. The zero-order valence-electron chi connectivity index (χ0n) is 8.58. The van der Waals surface area contributed by atoms with Crippen molar-refractivity contribution in [2.45, 2.75) is 32.4 Å². The number of carboxylic acids is 1. The average Bonchev–Trinajstić information content (AvgIpc) is 2.16. The van der Waals surface area contributed by atoms with E-state index in [1.807, 2.05) is 0 Å². The summed E-state index contributed by atoms with van der Waals surface area (Å²) in [5.74, 6) is -1.04. The quantitative estimate of drug-likeness (QED) is 0.753. The number of piperidine rings is 1. The van der Waals surface area contributed by atoms with E-state index in [0.717, 1.165) is 19.6 Å². The van der Waals surface area contributed by atoms with E-state index in [1.54, 1.807) is 6.92 Å². The van der Waals surface area contributed by atoms with Gasteiger partial charge in [-0.2, -0.15) is 0 Å². The molecular formula is C10H18FNO2. The van der Waals surface area contributed by atoms with Crippen LogP contribution in [0.3, 0.4) is 0 Å². The highest BCUT2D eigenvalue weighted by Crippen LogP contribution is 2.14. The average molecular weight is 203 g/mol. The van der Waals surface area contributed by atoms with Gasteiger partial charge in [0.25, 0.3) is 0 Å². The number of halogens is 1. The Morgan fingerprint density at radius 3 is 2.64 bits per heavy atom. The first-order valence-corrected chi connectivity index (χ1v) is 5.19. The first-order valence-electron chi connectivity index (χ1n) is 5.19. The maximum absolute atomic E-state index is 12.8. The third kappa shape index (κ3) is 3.62. The van der Waals surface area contributed by atoms with Crippen molar-refractivity contribution in [2.24, 2.45) is 5.92 Å². The van der Waals surface area contributed by atoms with E-state index < -0.39 is 12.1 Å². The molecule has 0 aromatic carbocycles. The van der Waals surface area contributed by atoms with Crippen LogP contribution in [-0.2, 0) is 4.79 Å². The molecule has 82 valence electrons. The van der Waals surface area contributed by atoms with Gasteiger partial charge in [-0.1, -0.05) is 6.92 Å². The number of carbonyl (C=O) groups is 1. The normalized spacial score (nSPS) is 22.1. The molecule has 1 heterocycles. The summed E-state index contributed by atoms with van der Waals surface area (Å²) >= 11 is 0. The van der Waals surface area contributed by atoms with Crippen molar-refractivity contribution in [1.29, 1.82) is 0 Å². The van der Waals surface area contributed by atoms with Gasteiger partial charge in [-0.05, 0) is 25.8 Å². The zero-order valence-corrected chi connectivity index (χ0v) is 8.58. The highest BCUT2D eigenvalue weighted by Gasteiger charge is 2.19. The van der Waals surface area contributed by atoms with Crippen LogP contribution in [0.15, 0.2) is 0 Å². The predicted octanol–water partition coefficient (Wildman–Crippen LogP) is 1.53. The van der Waals surface area contributed by atoms with Crippen molar-refractivity contribution < 1.29 is 14.3 Å². The van der Waals surface area contributed by atoms with Gasteiger partial charge in [0.2, 0.25) is 0 Å². The van der Waals surface area contributed by atoms with Gasteiger partial charge >= 0.3 is 5.97 Å². The SMILES string of the molecule is C[C@@H](CCN1CCC(F)CC1)C(=O)O. The molecule has 1 saturated heterocycles. The molecule has 0 bridgehead atoms. The minimum absolute atomic E-state index is 0.293. The van der Waals surface area contributed by atoms with Crippen molar-refractivity contribution in [3.8, 4) is 0 Å². The second kappa shape index (κ2) is 5.29. The Kier molecular flexibility index (Phi) is 4.32. The number of rotatable bonds is 4. The molecular weight excluding hydrogens is 185 g/mol. The Labute approximate surface area is 83.9 Å². The number of hydrogen-bond acceptors (Lipinski definition) is 2. The summed E-state index contributed by atoms with van der Waals surface area (Å²) in [5.41, 5.74) is 0. The lowest BCUT2D eigenvalue weighted by molar-refractivity contribution is -0.141. The zero-order chi connectivity index (χ0) is 10.6. The largest absolute Gasteiger partial charge is 0.481 e. The molecule has 0 saturated carbocycles. The number of carboxylic acid groups (broad SMARTS) is 1. The van der Waals surface area contributed by atoms with Crippen LogP contribution in [0.4, 0.5) is 4.39 Å². The lowest BCUT2D eigenvalue weighted by atomic mass is 10.1. The van der Waals surface area contributed by atoms with Gasteiger partial charge < -0.3 is 10.0 Å². The Bertz CT molecular complexity index is 191. The second-order valence-corrected chi connectivity index (χ2v) is 4.04. The molecule has 0 radical (unpaired) electrons. The standard InChI is InChI=1S/C10H18FNO2/c1-8(10(13)14)2-5-12-6-3-9(11)4-7-12/h8-9H,2-7H2,1H3,(H,13,14)/t8-/m0/s1. The van der Waals surface area contributed by atoms with Crippen LogP contribution in [0.2, 0.25) is 0 Å². The molecule has 1 fully saturated rings. The van der Waals surface area contributed by atoms with Gasteiger partial charge in [-0.3, -0.25) is 4.79 Å². The molecule has 0 aromatic rings. The fourth-order valence-electron chi connectivity index (χ4n) is 1.62. The summed E-state index contributed by atoms with van der Waals surface area (Å²) < 4.78 is 12.8. The maximum atomic E-state index is 12.8. The lowest BCUT2D eigenvalue weighted by Gasteiger charge is -2.28. The van der Waals surface area contributed by atoms with Gasteiger partial charge in [0.05, 0.1) is 5.92 Å². The first-order chi connectivity index (χ1) is 6.59. The van der Waals surface area contributed by atoms with Gasteiger partial charge in [0.1, 0.15) is 6.17 Å². The summed E-state index contributed by atoms with van der Waals surface area (Å²) in [6.45, 7) is 4.03. The molecule has 1 aliphatic heterocycles. The molecule has 1 rings (SSSR count). The summed E-state index contributed by atoms with van der Waals surface area (Å²) in [7, 11) is 0. The summed E-state index contributed by atoms with van der Waals surface area (Å²) in [6, 6.07) is 0. The van der Waals surface area contributed by atoms with Crippen molar-refractivity contribution in [2.75, 3.05) is 19.6 Å². The van der Waals surface area contributed by atoms with Crippen molar-refractivity contribution >= 4 is 5.97 Å². The van der Waals surface area contributed by atoms with Gasteiger partial charge in [-0.15, -0.1) is 0 Å². The van der Waals surface area contributed by atoms with Crippen molar-refractivity contribution in [3.63, 3.8) is 0 Å². The Hall–Kier alpha value is -0.640. The van der Waals surface area contributed by atoms with E-state index >= 15 is 0 Å². The molecule has 0 unspecified atom stereocenters. The molecule has 0 spiro atoms. The molecule has 1 atom stereocenters. The number of likely N-dealkylation sites (tertiary alicyclic amines) is 1. The fourth-order valence-corrected chi connectivity index (χ4v) is 1.62. The molecule has 0 amide bonds. The predicted molar refractivity (Wildman–Crippen MR) is 52.0 cm³/mol. The molecule has 1 aliphatic rings. The number of alkyl halides is 1. The third-order valence-electron chi connectivity index (χ3n) is 2.82. The molecule has 0 aliphatic carbocycles. The summed E-state index contributed by atoms with van der Waals surface area (Å²) in [4.78, 5) is 12.7. The van der Waals surface area contributed by atoms with Gasteiger partial charge in [-0.25, -0.2) is 4.39 Å². The van der Waals surface area contributed by atoms with Crippen molar-refractivity contribution in [1.82, 2.24) is 4.90 Å². The fraction of sp³-hybridized carbons (Fsp3) is 0.900. The van der Waals surface area contributed by atoms with E-state index in [2.05, 4.69) is 4.90 Å². The van der Waals surface area contributed by atoms with Crippen LogP contribution in [0.25, 0.3) is 0 Å². The van der Waals surface area contributed by atoms with Gasteiger partial charge in [0.15, 0.2) is 0 Å². The molecule has 0 aromatic heterocycles. The van der Waals surface area contributed by atoms with Crippen LogP contribution in [-0.4, -0.2) is 41.8 Å². The maximum Gasteiger partial charge on any atom is 0.306 e. The third-order valence-corrected chi connectivity index (χ3v) is 2.82. The molecule has 14 heavy (non-hydrogen) atoms. The lowest BCUT2D eigenvalue weighted by Crippen LogP contribution is -2.36. The van der Waals surface area contributed by atoms with Gasteiger partial charge in [0, 0.05) is 13.1 Å². The molecule has 3 nitrogen and oxygen atoms in total. The topological polar surface area (TPSA) is 40.5 Å². The van der Waals surface area contributed by atoms with E-state index in [0.29, 0.717) is 19.3 Å². The van der Waals surface area contributed by atoms with Crippen molar-refractivity contribution in [3.05, 3.63) is 0 Å². The van der Waals surface area contributed by atoms with E-state index in [1.165, 1.54) is 0 Å². The highest BCUT2D eigenvalue weighted by molar-refractivity contribution is 5.69. The first kappa shape index (κ1) is 11.4. The second-order valence-electron chi connectivity index (χ2n) is 4.04. The Balaban J connectivity index is 2.16. The summed E-state index contributed by atoms with van der Waals surface area (Å²) in [6.07, 6.45) is 1.21. The van der Waals surface area contributed by atoms with Crippen LogP contribution in [0.5, 0.6) is 0 Å². The highest BCUT2D eigenvalue weighted by atomic mass is 19.1. The monoisotopic (exact) mass is 203 g/mol. The Morgan fingerprint density at radius 2 is 2.14 bits per heavy atom. The van der Waals surface area contributed by atoms with E-state index in [9.17, 15) is 9.18 Å². The number of nitrogens with zero attached hydrogens (tertiary/aromatic N) is 1.